The molecule has 1 N–H and O–H groups in total. The van der Waals surface area contributed by atoms with Crippen LogP contribution in [-0.2, 0) is 20.6 Å². The first-order chi connectivity index (χ1) is 14.6. The minimum atomic E-state index is -0.777. The zero-order valence-corrected chi connectivity index (χ0v) is 18.5. The molecule has 0 radical (unpaired) electrons. The fourth-order valence-electron chi connectivity index (χ4n) is 3.63. The minimum absolute atomic E-state index is 0.273. The number of benzene rings is 2. The molecule has 1 aromatic heterocycles. The summed E-state index contributed by atoms with van der Waals surface area (Å²) < 4.78 is 18.9. The van der Waals surface area contributed by atoms with E-state index in [0.717, 1.165) is 16.4 Å². The summed E-state index contributed by atoms with van der Waals surface area (Å²) in [5.74, 6) is -0.408. The number of carbonyl (C=O) groups is 1. The van der Waals surface area contributed by atoms with Gasteiger partial charge in [0, 0.05) is 11.6 Å². The quantitative estimate of drug-likeness (QED) is 0.503. The van der Waals surface area contributed by atoms with Crippen LogP contribution in [0.15, 0.2) is 48.7 Å². The number of esters is 1. The molecule has 1 aliphatic rings. The molecular weight excluding hydrogens is 395 g/mol. The van der Waals surface area contributed by atoms with Gasteiger partial charge in [0.05, 0.1) is 42.0 Å². The maximum Gasteiger partial charge on any atom is 0.495 e. The van der Waals surface area contributed by atoms with Gasteiger partial charge < -0.3 is 19.2 Å². The lowest BCUT2D eigenvalue weighted by molar-refractivity contribution is 0.00578. The highest BCUT2D eigenvalue weighted by atomic mass is 16.7. The van der Waals surface area contributed by atoms with Crippen molar-refractivity contribution in [3.8, 4) is 0 Å². The van der Waals surface area contributed by atoms with Crippen molar-refractivity contribution in [3.05, 3.63) is 59.8 Å². The van der Waals surface area contributed by atoms with E-state index in [9.17, 15) is 9.90 Å². The predicted octanol–water partition coefficient (Wildman–Crippen LogP) is 2.86. The lowest BCUT2D eigenvalue weighted by Crippen LogP contribution is -2.41. The molecule has 0 spiro atoms. The number of hydrogen-bond donors (Lipinski definition) is 1. The van der Waals surface area contributed by atoms with Gasteiger partial charge in [-0.05, 0) is 56.9 Å². The van der Waals surface area contributed by atoms with Gasteiger partial charge in [0.15, 0.2) is 0 Å². The standard InChI is InChI=1S/C23H27BN2O5/c1-22(2)23(3,4)31-24(30-22)18-7-6-8-19-17(18)13-26(25-19)14-20(27)15-9-11-16(12-10-15)21(28)29-5/h6-13,20,27H,14H2,1-5H3/t20-/m0/s1. The van der Waals surface area contributed by atoms with Crippen molar-refractivity contribution >= 4 is 29.5 Å². The summed E-state index contributed by atoms with van der Waals surface area (Å²) in [6.07, 6.45) is 1.13. The summed E-state index contributed by atoms with van der Waals surface area (Å²) in [6.45, 7) is 8.38. The zero-order valence-electron chi connectivity index (χ0n) is 18.5. The van der Waals surface area contributed by atoms with Crippen molar-refractivity contribution in [1.29, 1.82) is 0 Å². The van der Waals surface area contributed by atoms with E-state index in [1.54, 1.807) is 28.9 Å². The summed E-state index contributed by atoms with van der Waals surface area (Å²) in [5, 5.41) is 16.2. The van der Waals surface area contributed by atoms with Crippen LogP contribution in [0.2, 0.25) is 0 Å². The summed E-state index contributed by atoms with van der Waals surface area (Å²) >= 11 is 0. The van der Waals surface area contributed by atoms with Crippen molar-refractivity contribution in [1.82, 2.24) is 9.78 Å². The van der Waals surface area contributed by atoms with Gasteiger partial charge in [-0.2, -0.15) is 5.10 Å². The van der Waals surface area contributed by atoms with Gasteiger partial charge in [-0.1, -0.05) is 24.3 Å². The summed E-state index contributed by atoms with van der Waals surface area (Å²) in [5.41, 5.74) is 2.00. The molecule has 0 unspecified atom stereocenters. The van der Waals surface area contributed by atoms with E-state index >= 15 is 0 Å². The lowest BCUT2D eigenvalue weighted by Gasteiger charge is -2.32. The van der Waals surface area contributed by atoms with E-state index in [1.165, 1.54) is 7.11 Å². The van der Waals surface area contributed by atoms with Crippen LogP contribution in [0.4, 0.5) is 0 Å². The summed E-state index contributed by atoms with van der Waals surface area (Å²) in [4.78, 5) is 11.6. The number of methoxy groups -OCH3 is 1. The SMILES string of the molecule is COC(=O)c1ccc([C@@H](O)Cn2cc3c(B4OC(C)(C)C(C)(C)O4)cccc3n2)cc1. The van der Waals surface area contributed by atoms with Crippen molar-refractivity contribution in [2.24, 2.45) is 0 Å². The van der Waals surface area contributed by atoms with Gasteiger partial charge in [-0.25, -0.2) is 4.79 Å². The highest BCUT2D eigenvalue weighted by Gasteiger charge is 2.52. The Labute approximate surface area is 182 Å². The molecule has 8 heteroatoms. The number of nitrogens with zero attached hydrogens (tertiary/aromatic N) is 2. The molecule has 2 heterocycles. The molecule has 3 aromatic rings. The average molecular weight is 422 g/mol. The molecule has 4 rings (SSSR count). The Morgan fingerprint density at radius 3 is 2.39 bits per heavy atom. The maximum atomic E-state index is 11.6. The van der Waals surface area contributed by atoms with Crippen LogP contribution in [-0.4, -0.2) is 46.3 Å². The van der Waals surface area contributed by atoms with E-state index < -0.39 is 30.4 Å². The van der Waals surface area contributed by atoms with E-state index in [4.69, 9.17) is 14.0 Å². The molecule has 2 aromatic carbocycles. The third-order valence-corrected chi connectivity index (χ3v) is 6.21. The number of aliphatic hydroxyl groups is 1. The number of aromatic nitrogens is 2. The molecule has 7 nitrogen and oxygen atoms in total. The van der Waals surface area contributed by atoms with Crippen molar-refractivity contribution < 1.29 is 23.9 Å². The minimum Gasteiger partial charge on any atom is -0.465 e. The Morgan fingerprint density at radius 1 is 1.13 bits per heavy atom. The number of hydrogen-bond acceptors (Lipinski definition) is 6. The molecule has 1 aliphatic heterocycles. The van der Waals surface area contributed by atoms with E-state index in [-0.39, 0.29) is 6.54 Å². The molecule has 0 saturated carbocycles. The first-order valence-corrected chi connectivity index (χ1v) is 10.3. The molecule has 1 saturated heterocycles. The molecule has 0 amide bonds. The van der Waals surface area contributed by atoms with E-state index in [2.05, 4.69) is 5.10 Å². The molecule has 0 aliphatic carbocycles. The zero-order chi connectivity index (χ0) is 22.4. The fraction of sp³-hybridized carbons (Fsp3) is 0.391. The van der Waals surface area contributed by atoms with Crippen molar-refractivity contribution in [2.75, 3.05) is 7.11 Å². The second-order valence-electron chi connectivity index (χ2n) is 8.85. The highest BCUT2D eigenvalue weighted by molar-refractivity contribution is 6.65. The fourth-order valence-corrected chi connectivity index (χ4v) is 3.63. The monoisotopic (exact) mass is 422 g/mol. The van der Waals surface area contributed by atoms with Crippen LogP contribution in [0, 0.1) is 0 Å². The Bertz CT molecular complexity index is 1090. The first-order valence-electron chi connectivity index (χ1n) is 10.3. The number of carbonyl (C=O) groups excluding carboxylic acids is 1. The Hall–Kier alpha value is -2.68. The van der Waals surface area contributed by atoms with Crippen molar-refractivity contribution in [3.63, 3.8) is 0 Å². The lowest BCUT2D eigenvalue weighted by atomic mass is 9.77. The molecule has 0 bridgehead atoms. The van der Waals surface area contributed by atoms with Crippen LogP contribution in [0.25, 0.3) is 10.9 Å². The predicted molar refractivity (Wildman–Crippen MR) is 118 cm³/mol. The molecular formula is C23H27BN2O5. The number of aliphatic hydroxyl groups excluding tert-OH is 1. The Kier molecular flexibility index (Phi) is 5.41. The first kappa shape index (κ1) is 21.6. The highest BCUT2D eigenvalue weighted by Crippen LogP contribution is 2.37. The smallest absolute Gasteiger partial charge is 0.465 e. The van der Waals surface area contributed by atoms with Crippen LogP contribution in [0.1, 0.15) is 49.7 Å². The van der Waals surface area contributed by atoms with Crippen LogP contribution >= 0.6 is 0 Å². The van der Waals surface area contributed by atoms with E-state index in [1.807, 2.05) is 52.1 Å². The Morgan fingerprint density at radius 2 is 1.77 bits per heavy atom. The molecule has 162 valence electrons. The molecule has 31 heavy (non-hydrogen) atoms. The van der Waals surface area contributed by atoms with E-state index in [0.29, 0.717) is 11.1 Å². The van der Waals surface area contributed by atoms with Gasteiger partial charge in [0.2, 0.25) is 0 Å². The third-order valence-electron chi connectivity index (χ3n) is 6.21. The van der Waals surface area contributed by atoms with Crippen LogP contribution in [0.5, 0.6) is 0 Å². The topological polar surface area (TPSA) is 82.8 Å². The van der Waals surface area contributed by atoms with Gasteiger partial charge in [0.25, 0.3) is 0 Å². The molecule has 1 fully saturated rings. The number of ether oxygens (including phenoxy) is 1. The Balaban J connectivity index is 1.56. The normalized spacial score (nSPS) is 18.3. The number of rotatable bonds is 5. The average Bonchev–Trinajstić information content (AvgIpc) is 3.23. The second-order valence-corrected chi connectivity index (χ2v) is 8.85. The third kappa shape index (κ3) is 3.98. The summed E-state index contributed by atoms with van der Waals surface area (Å²) in [6, 6.07) is 12.6. The largest absolute Gasteiger partial charge is 0.495 e. The summed E-state index contributed by atoms with van der Waals surface area (Å²) in [7, 11) is 0.855. The van der Waals surface area contributed by atoms with Crippen LogP contribution in [0.3, 0.4) is 0 Å². The van der Waals surface area contributed by atoms with Gasteiger partial charge in [-0.3, -0.25) is 4.68 Å². The molecule has 1 atom stereocenters. The number of fused-ring (bicyclic) bond motifs is 1. The van der Waals surface area contributed by atoms with Gasteiger partial charge >= 0.3 is 13.1 Å². The second kappa shape index (κ2) is 7.78. The van der Waals surface area contributed by atoms with Gasteiger partial charge in [-0.15, -0.1) is 0 Å². The van der Waals surface area contributed by atoms with Crippen LogP contribution < -0.4 is 5.46 Å². The van der Waals surface area contributed by atoms with Crippen molar-refractivity contribution in [2.45, 2.75) is 51.5 Å². The maximum absolute atomic E-state index is 11.6. The van der Waals surface area contributed by atoms with Gasteiger partial charge in [0.1, 0.15) is 0 Å².